The Balaban J connectivity index is 2.26. The van der Waals surface area contributed by atoms with Crippen LogP contribution in [-0.2, 0) is 0 Å². The van der Waals surface area contributed by atoms with Gasteiger partial charge in [0.2, 0.25) is 0 Å². The molecule has 0 aromatic heterocycles. The van der Waals surface area contributed by atoms with Crippen molar-refractivity contribution in [2.45, 2.75) is 109 Å². The Morgan fingerprint density at radius 3 is 2.00 bits per heavy atom. The van der Waals surface area contributed by atoms with Gasteiger partial charge in [-0.1, -0.05) is 84.0 Å². The molecule has 0 spiro atoms. The molecule has 0 bridgehead atoms. The van der Waals surface area contributed by atoms with Gasteiger partial charge in [0.25, 0.3) is 0 Å². The molecule has 0 radical (unpaired) electrons. The lowest BCUT2D eigenvalue weighted by atomic mass is 9.72. The molecule has 0 amide bonds. The Hall–Kier alpha value is -0.550. The van der Waals surface area contributed by atoms with Gasteiger partial charge in [-0.2, -0.15) is 5.26 Å². The fourth-order valence-electron chi connectivity index (χ4n) is 3.63. The highest BCUT2D eigenvalue weighted by Gasteiger charge is 2.37. The maximum atomic E-state index is 10.6. The number of hydrogen-bond acceptors (Lipinski definition) is 2. The van der Waals surface area contributed by atoms with Gasteiger partial charge >= 0.3 is 0 Å². The maximum Gasteiger partial charge on any atom is 0.0832 e. The van der Waals surface area contributed by atoms with Gasteiger partial charge in [0.15, 0.2) is 0 Å². The molecule has 122 valence electrons. The largest absolute Gasteiger partial charge is 0.391 e. The molecule has 2 nitrogen and oxygen atoms in total. The van der Waals surface area contributed by atoms with Crippen LogP contribution in [0.25, 0.3) is 0 Å². The lowest BCUT2D eigenvalue weighted by molar-refractivity contribution is 0.0358. The summed E-state index contributed by atoms with van der Waals surface area (Å²) >= 11 is 0. The molecule has 1 atom stereocenters. The molecule has 1 fully saturated rings. The van der Waals surface area contributed by atoms with Crippen molar-refractivity contribution in [1.82, 2.24) is 0 Å². The minimum absolute atomic E-state index is 0.406. The maximum absolute atomic E-state index is 10.6. The second-order valence-corrected chi connectivity index (χ2v) is 6.96. The van der Waals surface area contributed by atoms with Crippen LogP contribution in [0.5, 0.6) is 0 Å². The number of aliphatic hydroxyl groups excluding tert-OH is 1. The fraction of sp³-hybridized carbons (Fsp3) is 0.947. The number of hydrogen-bond donors (Lipinski definition) is 1. The predicted molar refractivity (Wildman–Crippen MR) is 89.0 cm³/mol. The second kappa shape index (κ2) is 11.1. The summed E-state index contributed by atoms with van der Waals surface area (Å²) in [6.07, 6.45) is 17.1. The van der Waals surface area contributed by atoms with Crippen molar-refractivity contribution in [2.75, 3.05) is 0 Å². The summed E-state index contributed by atoms with van der Waals surface area (Å²) in [4.78, 5) is 0. The molecule has 0 aromatic rings. The molecule has 1 rings (SSSR count). The summed E-state index contributed by atoms with van der Waals surface area (Å²) < 4.78 is 0. The number of nitriles is 1. The van der Waals surface area contributed by atoms with Gasteiger partial charge in [0.1, 0.15) is 0 Å². The third-order valence-electron chi connectivity index (χ3n) is 5.19. The van der Waals surface area contributed by atoms with Crippen LogP contribution in [0, 0.1) is 16.7 Å². The van der Waals surface area contributed by atoms with Crippen molar-refractivity contribution in [1.29, 1.82) is 5.26 Å². The molecule has 0 saturated heterocycles. The second-order valence-electron chi connectivity index (χ2n) is 6.96. The molecular formula is C19H35NO. The SMILES string of the molecule is CCCCCCCCCC(O)C1(C#N)CCCCCCC1. The zero-order chi connectivity index (χ0) is 15.4. The first kappa shape index (κ1) is 18.5. The first-order valence-electron chi connectivity index (χ1n) is 9.34. The van der Waals surface area contributed by atoms with E-state index in [-0.39, 0.29) is 0 Å². The average Bonchev–Trinajstić information content (AvgIpc) is 2.46. The molecule has 1 saturated carbocycles. The minimum Gasteiger partial charge on any atom is -0.391 e. The van der Waals surface area contributed by atoms with Crippen molar-refractivity contribution >= 4 is 0 Å². The van der Waals surface area contributed by atoms with E-state index in [1.54, 1.807) is 0 Å². The summed E-state index contributed by atoms with van der Waals surface area (Å²) in [7, 11) is 0. The van der Waals surface area contributed by atoms with Crippen molar-refractivity contribution in [3.8, 4) is 6.07 Å². The minimum atomic E-state index is -0.442. The van der Waals surface area contributed by atoms with Crippen LogP contribution in [0.4, 0.5) is 0 Å². The quantitative estimate of drug-likeness (QED) is 0.551. The summed E-state index contributed by atoms with van der Waals surface area (Å²) in [5, 5.41) is 20.2. The van der Waals surface area contributed by atoms with Crippen molar-refractivity contribution < 1.29 is 5.11 Å². The van der Waals surface area contributed by atoms with Crippen LogP contribution in [0.1, 0.15) is 103 Å². The molecular weight excluding hydrogens is 258 g/mol. The van der Waals surface area contributed by atoms with E-state index in [0.717, 1.165) is 38.5 Å². The van der Waals surface area contributed by atoms with Crippen LogP contribution >= 0.6 is 0 Å². The normalized spacial score (nSPS) is 20.2. The van der Waals surface area contributed by atoms with E-state index in [1.165, 1.54) is 57.8 Å². The zero-order valence-electron chi connectivity index (χ0n) is 14.1. The Kier molecular flexibility index (Phi) is 9.76. The van der Waals surface area contributed by atoms with E-state index in [1.807, 2.05) is 0 Å². The molecule has 1 aliphatic rings. The highest BCUT2D eigenvalue weighted by Crippen LogP contribution is 2.38. The van der Waals surface area contributed by atoms with Gasteiger partial charge in [-0.05, 0) is 19.3 Å². The summed E-state index contributed by atoms with van der Waals surface area (Å²) in [5.41, 5.74) is -0.442. The Morgan fingerprint density at radius 2 is 1.43 bits per heavy atom. The Morgan fingerprint density at radius 1 is 0.905 bits per heavy atom. The van der Waals surface area contributed by atoms with Crippen molar-refractivity contribution in [3.05, 3.63) is 0 Å². The average molecular weight is 293 g/mol. The third kappa shape index (κ3) is 6.83. The van der Waals surface area contributed by atoms with Crippen LogP contribution in [-0.4, -0.2) is 11.2 Å². The summed E-state index contributed by atoms with van der Waals surface area (Å²) in [6, 6.07) is 2.50. The molecule has 1 aliphatic carbocycles. The van der Waals surface area contributed by atoms with E-state index < -0.39 is 11.5 Å². The number of unbranched alkanes of at least 4 members (excludes halogenated alkanes) is 6. The van der Waals surface area contributed by atoms with E-state index in [4.69, 9.17) is 0 Å². The van der Waals surface area contributed by atoms with Crippen LogP contribution in [0.3, 0.4) is 0 Å². The monoisotopic (exact) mass is 293 g/mol. The van der Waals surface area contributed by atoms with Crippen molar-refractivity contribution in [2.24, 2.45) is 5.41 Å². The van der Waals surface area contributed by atoms with E-state index in [2.05, 4.69) is 13.0 Å². The highest BCUT2D eigenvalue weighted by atomic mass is 16.3. The Labute approximate surface area is 131 Å². The van der Waals surface area contributed by atoms with E-state index >= 15 is 0 Å². The summed E-state index contributed by atoms with van der Waals surface area (Å²) in [5.74, 6) is 0. The van der Waals surface area contributed by atoms with Crippen molar-refractivity contribution in [3.63, 3.8) is 0 Å². The van der Waals surface area contributed by atoms with Gasteiger partial charge in [-0.25, -0.2) is 0 Å². The van der Waals surface area contributed by atoms with Crippen LogP contribution < -0.4 is 0 Å². The number of rotatable bonds is 9. The smallest absolute Gasteiger partial charge is 0.0832 e. The standard InChI is InChI=1S/C19H35NO/c1-2-3-4-5-6-8-11-14-18(21)19(17-20)15-12-9-7-10-13-16-19/h18,21H,2-16H2,1H3. The number of aliphatic hydroxyl groups is 1. The molecule has 21 heavy (non-hydrogen) atoms. The van der Waals surface area contributed by atoms with Gasteiger partial charge in [-0.3, -0.25) is 0 Å². The molecule has 0 aliphatic heterocycles. The van der Waals surface area contributed by atoms with Gasteiger partial charge in [-0.15, -0.1) is 0 Å². The van der Waals surface area contributed by atoms with E-state index in [9.17, 15) is 10.4 Å². The van der Waals surface area contributed by atoms with Gasteiger partial charge < -0.3 is 5.11 Å². The van der Waals surface area contributed by atoms with Crippen LogP contribution in [0.15, 0.2) is 0 Å². The fourth-order valence-corrected chi connectivity index (χ4v) is 3.63. The number of nitrogens with zero attached hydrogens (tertiary/aromatic N) is 1. The first-order chi connectivity index (χ1) is 10.2. The lowest BCUT2D eigenvalue weighted by Gasteiger charge is -2.33. The van der Waals surface area contributed by atoms with Crippen LogP contribution in [0.2, 0.25) is 0 Å². The topological polar surface area (TPSA) is 44.0 Å². The first-order valence-corrected chi connectivity index (χ1v) is 9.34. The van der Waals surface area contributed by atoms with E-state index in [0.29, 0.717) is 0 Å². The molecule has 1 N–H and O–H groups in total. The molecule has 2 heteroatoms. The third-order valence-corrected chi connectivity index (χ3v) is 5.19. The zero-order valence-corrected chi connectivity index (χ0v) is 14.1. The van der Waals surface area contributed by atoms with Gasteiger partial charge in [0.05, 0.1) is 17.6 Å². The lowest BCUT2D eigenvalue weighted by Crippen LogP contribution is -2.34. The Bertz CT molecular complexity index is 286. The van der Waals surface area contributed by atoms with Gasteiger partial charge in [0, 0.05) is 0 Å². The predicted octanol–water partition coefficient (Wildman–Crippen LogP) is 5.74. The molecule has 1 unspecified atom stereocenters. The molecule has 0 heterocycles. The molecule has 0 aromatic carbocycles. The summed E-state index contributed by atoms with van der Waals surface area (Å²) in [6.45, 7) is 2.24. The highest BCUT2D eigenvalue weighted by molar-refractivity contribution is 5.03.